The average molecular weight is 263 g/mol. The van der Waals surface area contributed by atoms with Gasteiger partial charge in [-0.2, -0.15) is 0 Å². The van der Waals surface area contributed by atoms with E-state index in [1.165, 1.54) is 24.3 Å². The second-order valence-electron chi connectivity index (χ2n) is 2.90. The minimum Gasteiger partial charge on any atom is -0.293 e. The van der Waals surface area contributed by atoms with E-state index in [0.717, 1.165) is 0 Å². The molecule has 1 rings (SSSR count). The lowest BCUT2D eigenvalue weighted by Gasteiger charge is -2.04. The Morgan fingerprint density at radius 1 is 1.29 bits per heavy atom. The molecule has 1 unspecified atom stereocenters. The fourth-order valence-corrected chi connectivity index (χ4v) is 1.29. The minimum absolute atomic E-state index is 0.0659. The third-order valence-corrected chi connectivity index (χ3v) is 2.22. The first kappa shape index (κ1) is 11.3. The van der Waals surface area contributed by atoms with Gasteiger partial charge >= 0.3 is 0 Å². The van der Waals surface area contributed by atoms with E-state index in [4.69, 9.17) is 0 Å². The molecule has 0 aromatic heterocycles. The fraction of sp³-hybridized carbons (Fsp3) is 0.300. The van der Waals surface area contributed by atoms with E-state index in [2.05, 4.69) is 15.9 Å². The lowest BCUT2D eigenvalue weighted by molar-refractivity contribution is 0.0995. The highest BCUT2D eigenvalue weighted by Crippen LogP contribution is 2.19. The van der Waals surface area contributed by atoms with E-state index in [1.54, 1.807) is 6.92 Å². The van der Waals surface area contributed by atoms with Gasteiger partial charge in [0.1, 0.15) is 0 Å². The van der Waals surface area contributed by atoms with Crippen molar-refractivity contribution in [3.63, 3.8) is 0 Å². The first-order valence-corrected chi connectivity index (χ1v) is 5.00. The molecule has 1 atom stereocenters. The first-order valence-electron chi connectivity index (χ1n) is 4.08. The number of rotatable bonds is 3. The second kappa shape index (κ2) is 4.64. The molecule has 0 aliphatic carbocycles. The molecule has 1 aromatic carbocycles. The molecule has 0 bridgehead atoms. The summed E-state index contributed by atoms with van der Waals surface area (Å²) in [6.45, 7) is 1.70. The Morgan fingerprint density at radius 2 is 1.79 bits per heavy atom. The van der Waals surface area contributed by atoms with Crippen LogP contribution in [0.5, 0.6) is 0 Å². The normalized spacial score (nSPS) is 12.9. The molecule has 0 amide bonds. The molecule has 0 aliphatic rings. The van der Waals surface area contributed by atoms with Gasteiger partial charge in [0.15, 0.2) is 5.78 Å². The predicted molar refractivity (Wildman–Crippen MR) is 54.1 cm³/mol. The Hall–Kier alpha value is -0.770. The van der Waals surface area contributed by atoms with Crippen LogP contribution in [0.4, 0.5) is 8.78 Å². The van der Waals surface area contributed by atoms with E-state index < -0.39 is 6.43 Å². The van der Waals surface area contributed by atoms with Gasteiger partial charge in [-0.1, -0.05) is 40.2 Å². The van der Waals surface area contributed by atoms with Gasteiger partial charge in [0.05, 0.1) is 4.83 Å². The van der Waals surface area contributed by atoms with Crippen molar-refractivity contribution in [1.82, 2.24) is 0 Å². The van der Waals surface area contributed by atoms with Gasteiger partial charge in [0.2, 0.25) is 0 Å². The van der Waals surface area contributed by atoms with Gasteiger partial charge < -0.3 is 0 Å². The largest absolute Gasteiger partial charge is 0.293 e. The van der Waals surface area contributed by atoms with Crippen LogP contribution in [-0.2, 0) is 0 Å². The summed E-state index contributed by atoms with van der Waals surface area (Å²) in [5, 5.41) is 0. The highest BCUT2D eigenvalue weighted by Gasteiger charge is 2.12. The van der Waals surface area contributed by atoms with Crippen molar-refractivity contribution in [2.24, 2.45) is 0 Å². The maximum absolute atomic E-state index is 12.2. The Morgan fingerprint density at radius 3 is 2.14 bits per heavy atom. The molecular weight excluding hydrogens is 254 g/mol. The number of ketones is 1. The van der Waals surface area contributed by atoms with Crippen molar-refractivity contribution in [2.45, 2.75) is 18.2 Å². The van der Waals surface area contributed by atoms with Gasteiger partial charge in [0.25, 0.3) is 6.43 Å². The van der Waals surface area contributed by atoms with Crippen LogP contribution < -0.4 is 0 Å². The Labute approximate surface area is 89.3 Å². The number of hydrogen-bond acceptors (Lipinski definition) is 1. The fourth-order valence-electron chi connectivity index (χ4n) is 1.02. The van der Waals surface area contributed by atoms with Crippen LogP contribution in [0, 0.1) is 0 Å². The third kappa shape index (κ3) is 2.61. The van der Waals surface area contributed by atoms with Crippen molar-refractivity contribution in [3.05, 3.63) is 35.4 Å². The molecule has 1 aromatic rings. The summed E-state index contributed by atoms with van der Waals surface area (Å²) in [5.41, 5.74) is 0.377. The molecule has 0 radical (unpaired) electrons. The molecule has 0 fully saturated rings. The number of Topliss-reactive ketones (excluding diaryl/α,β-unsaturated/α-hetero) is 1. The van der Waals surface area contributed by atoms with Crippen LogP contribution in [0.25, 0.3) is 0 Å². The summed E-state index contributed by atoms with van der Waals surface area (Å²) in [7, 11) is 0. The molecular formula is C10H9BrF2O. The summed E-state index contributed by atoms with van der Waals surface area (Å²) in [6, 6.07) is 5.38. The molecule has 0 saturated heterocycles. The number of benzene rings is 1. The molecule has 76 valence electrons. The van der Waals surface area contributed by atoms with Crippen molar-refractivity contribution in [3.8, 4) is 0 Å². The first-order chi connectivity index (χ1) is 6.52. The SMILES string of the molecule is CC(Br)C(=O)c1ccc(C(F)F)cc1. The summed E-state index contributed by atoms with van der Waals surface area (Å²) in [4.78, 5) is 11.1. The average Bonchev–Trinajstić information content (AvgIpc) is 2.16. The number of carbonyl (C=O) groups excluding carboxylic acids is 1. The van der Waals surface area contributed by atoms with Crippen LogP contribution in [0.2, 0.25) is 0 Å². The van der Waals surface area contributed by atoms with Crippen molar-refractivity contribution in [2.75, 3.05) is 0 Å². The molecule has 0 spiro atoms. The monoisotopic (exact) mass is 262 g/mol. The second-order valence-corrected chi connectivity index (χ2v) is 4.28. The smallest absolute Gasteiger partial charge is 0.263 e. The van der Waals surface area contributed by atoms with Crippen LogP contribution in [0.15, 0.2) is 24.3 Å². The Kier molecular flexibility index (Phi) is 3.75. The van der Waals surface area contributed by atoms with Crippen LogP contribution in [-0.4, -0.2) is 10.6 Å². The summed E-state index contributed by atoms with van der Waals surface area (Å²) in [6.07, 6.45) is -2.49. The topological polar surface area (TPSA) is 17.1 Å². The number of carbonyl (C=O) groups is 1. The predicted octanol–water partition coefficient (Wildman–Crippen LogP) is 3.59. The standard InChI is InChI=1S/C10H9BrF2O/c1-6(11)9(14)7-2-4-8(5-3-7)10(12)13/h2-6,10H,1H3. The highest BCUT2D eigenvalue weighted by atomic mass is 79.9. The van der Waals surface area contributed by atoms with Crippen LogP contribution >= 0.6 is 15.9 Å². The molecule has 4 heteroatoms. The summed E-state index contributed by atoms with van der Waals surface area (Å²) < 4.78 is 24.3. The summed E-state index contributed by atoms with van der Waals surface area (Å²) in [5.74, 6) is -0.106. The van der Waals surface area contributed by atoms with Gasteiger partial charge in [0, 0.05) is 11.1 Å². The van der Waals surface area contributed by atoms with Gasteiger partial charge in [-0.3, -0.25) is 4.79 Å². The lowest BCUT2D eigenvalue weighted by Crippen LogP contribution is -2.09. The van der Waals surface area contributed by atoms with E-state index in [-0.39, 0.29) is 16.2 Å². The third-order valence-electron chi connectivity index (χ3n) is 1.81. The number of alkyl halides is 3. The van der Waals surface area contributed by atoms with Gasteiger partial charge in [-0.15, -0.1) is 0 Å². The van der Waals surface area contributed by atoms with E-state index in [1.807, 2.05) is 0 Å². The molecule has 0 N–H and O–H groups in total. The van der Waals surface area contributed by atoms with E-state index >= 15 is 0 Å². The van der Waals surface area contributed by atoms with Crippen molar-refractivity contribution >= 4 is 21.7 Å². The molecule has 14 heavy (non-hydrogen) atoms. The zero-order chi connectivity index (χ0) is 10.7. The molecule has 0 saturated carbocycles. The quantitative estimate of drug-likeness (QED) is 0.601. The van der Waals surface area contributed by atoms with E-state index in [0.29, 0.717) is 5.56 Å². The molecule has 0 aliphatic heterocycles. The molecule has 0 heterocycles. The van der Waals surface area contributed by atoms with Gasteiger partial charge in [-0.25, -0.2) is 8.78 Å². The Bertz CT molecular complexity index is 319. The maximum Gasteiger partial charge on any atom is 0.263 e. The lowest BCUT2D eigenvalue weighted by atomic mass is 10.1. The van der Waals surface area contributed by atoms with Crippen LogP contribution in [0.3, 0.4) is 0 Å². The van der Waals surface area contributed by atoms with Gasteiger partial charge in [-0.05, 0) is 6.92 Å². The number of halogens is 3. The Balaban J connectivity index is 2.89. The van der Waals surface area contributed by atoms with Crippen LogP contribution in [0.1, 0.15) is 29.3 Å². The highest BCUT2D eigenvalue weighted by molar-refractivity contribution is 9.10. The minimum atomic E-state index is -2.49. The number of hydrogen-bond donors (Lipinski definition) is 0. The summed E-state index contributed by atoms with van der Waals surface area (Å²) >= 11 is 3.13. The maximum atomic E-state index is 12.2. The van der Waals surface area contributed by atoms with E-state index in [9.17, 15) is 13.6 Å². The molecule has 1 nitrogen and oxygen atoms in total. The van der Waals surface area contributed by atoms with Crippen molar-refractivity contribution in [1.29, 1.82) is 0 Å². The zero-order valence-corrected chi connectivity index (χ0v) is 9.09. The zero-order valence-electron chi connectivity index (χ0n) is 7.51. The van der Waals surface area contributed by atoms with Crippen molar-refractivity contribution < 1.29 is 13.6 Å².